The van der Waals surface area contributed by atoms with Crippen molar-refractivity contribution in [3.8, 4) is 22.5 Å². The second kappa shape index (κ2) is 7.35. The fourth-order valence-electron chi connectivity index (χ4n) is 3.62. The lowest BCUT2D eigenvalue weighted by atomic mass is 10.0. The molecule has 5 rings (SSSR count). The Morgan fingerprint density at radius 1 is 0.933 bits per heavy atom. The number of Topliss-reactive ketones (excluding diaryl/α,β-unsaturated/α-hetero) is 1. The van der Waals surface area contributed by atoms with Gasteiger partial charge >= 0.3 is 0 Å². The highest BCUT2D eigenvalue weighted by molar-refractivity contribution is 7.99. The lowest BCUT2D eigenvalue weighted by Gasteiger charge is -2.06. The summed E-state index contributed by atoms with van der Waals surface area (Å²) in [6, 6.07) is 19.1. The van der Waals surface area contributed by atoms with Crippen LogP contribution >= 0.6 is 11.8 Å². The molecule has 1 aliphatic rings. The fraction of sp³-hybridized carbons (Fsp3) is 0.0870. The van der Waals surface area contributed by atoms with Crippen LogP contribution < -0.4 is 5.32 Å². The van der Waals surface area contributed by atoms with E-state index in [1.54, 1.807) is 24.3 Å². The van der Waals surface area contributed by atoms with Gasteiger partial charge in [-0.2, -0.15) is 0 Å². The zero-order valence-electron chi connectivity index (χ0n) is 16.0. The standard InChI is InChI=1S/C23H16N4O2S/c1-13(28)15-7-2-8-16(11-15)24-19(29)12-30-23-25-21-17-9-3-5-14-6-4-10-18(20(14)17)22(21)26-27-23/h2-11H,12H2,1H3,(H,24,29). The van der Waals surface area contributed by atoms with Crippen LogP contribution in [-0.2, 0) is 4.79 Å². The molecule has 0 atom stereocenters. The predicted octanol–water partition coefficient (Wildman–Crippen LogP) is 4.61. The molecule has 0 unspecified atom stereocenters. The summed E-state index contributed by atoms with van der Waals surface area (Å²) in [5.74, 6) is -0.105. The molecule has 0 saturated carbocycles. The van der Waals surface area contributed by atoms with Crippen molar-refractivity contribution in [3.05, 3.63) is 66.2 Å². The summed E-state index contributed by atoms with van der Waals surface area (Å²) in [6.07, 6.45) is 0. The molecule has 4 aromatic rings. The van der Waals surface area contributed by atoms with Crippen LogP contribution in [0.4, 0.5) is 5.69 Å². The van der Waals surface area contributed by atoms with Crippen LogP contribution in [0.25, 0.3) is 33.3 Å². The van der Waals surface area contributed by atoms with Crippen LogP contribution in [0.15, 0.2) is 65.8 Å². The number of nitrogens with zero attached hydrogens (tertiary/aromatic N) is 3. The minimum Gasteiger partial charge on any atom is -0.325 e. The first kappa shape index (κ1) is 18.4. The third-order valence-corrected chi connectivity index (χ3v) is 5.81. The molecule has 7 heteroatoms. The fourth-order valence-corrected chi connectivity index (χ4v) is 4.21. The number of hydrogen-bond donors (Lipinski definition) is 1. The van der Waals surface area contributed by atoms with Gasteiger partial charge in [-0.3, -0.25) is 9.59 Å². The van der Waals surface area contributed by atoms with Crippen molar-refractivity contribution in [1.82, 2.24) is 15.2 Å². The number of benzene rings is 3. The van der Waals surface area contributed by atoms with Gasteiger partial charge < -0.3 is 5.32 Å². The summed E-state index contributed by atoms with van der Waals surface area (Å²) in [5.41, 5.74) is 4.80. The number of fused-ring (bicyclic) bond motifs is 3. The van der Waals surface area contributed by atoms with E-state index in [1.165, 1.54) is 18.7 Å². The van der Waals surface area contributed by atoms with Gasteiger partial charge in [0, 0.05) is 27.8 Å². The smallest absolute Gasteiger partial charge is 0.234 e. The molecule has 0 spiro atoms. The van der Waals surface area contributed by atoms with Crippen molar-refractivity contribution < 1.29 is 9.59 Å². The maximum atomic E-state index is 12.3. The molecule has 0 radical (unpaired) electrons. The maximum absolute atomic E-state index is 12.3. The molecule has 1 heterocycles. The van der Waals surface area contributed by atoms with Crippen molar-refractivity contribution in [1.29, 1.82) is 0 Å². The SMILES string of the molecule is CC(=O)c1cccc(NC(=O)CSc2nnc3c(n2)-c2cccc4cccc-3c24)c1. The van der Waals surface area contributed by atoms with Gasteiger partial charge in [-0.05, 0) is 24.4 Å². The van der Waals surface area contributed by atoms with Gasteiger partial charge in [-0.25, -0.2) is 4.98 Å². The van der Waals surface area contributed by atoms with Gasteiger partial charge in [0.25, 0.3) is 0 Å². The Bertz CT molecular complexity index is 1330. The van der Waals surface area contributed by atoms with E-state index in [1.807, 2.05) is 24.3 Å². The van der Waals surface area contributed by atoms with Crippen molar-refractivity contribution >= 4 is 39.9 Å². The highest BCUT2D eigenvalue weighted by atomic mass is 32.2. The average molecular weight is 412 g/mol. The van der Waals surface area contributed by atoms with Crippen molar-refractivity contribution in [2.24, 2.45) is 0 Å². The van der Waals surface area contributed by atoms with E-state index < -0.39 is 0 Å². The molecule has 0 saturated heterocycles. The van der Waals surface area contributed by atoms with Crippen LogP contribution in [-0.4, -0.2) is 32.6 Å². The summed E-state index contributed by atoms with van der Waals surface area (Å²) < 4.78 is 0. The summed E-state index contributed by atoms with van der Waals surface area (Å²) in [7, 11) is 0. The topological polar surface area (TPSA) is 84.8 Å². The van der Waals surface area contributed by atoms with Gasteiger partial charge in [0.05, 0.1) is 5.75 Å². The monoisotopic (exact) mass is 412 g/mol. The summed E-state index contributed by atoms with van der Waals surface area (Å²) in [5, 5.41) is 14.1. The average Bonchev–Trinajstić information content (AvgIpc) is 3.08. The van der Waals surface area contributed by atoms with Crippen LogP contribution in [0.5, 0.6) is 0 Å². The Balaban J connectivity index is 1.33. The third kappa shape index (κ3) is 3.23. The van der Waals surface area contributed by atoms with Crippen LogP contribution in [0.2, 0.25) is 0 Å². The van der Waals surface area contributed by atoms with Gasteiger partial charge in [-0.1, -0.05) is 60.3 Å². The number of thioether (sulfide) groups is 1. The molecule has 0 fully saturated rings. The predicted molar refractivity (Wildman–Crippen MR) is 118 cm³/mol. The number of aromatic nitrogens is 3. The molecule has 30 heavy (non-hydrogen) atoms. The van der Waals surface area contributed by atoms with Crippen LogP contribution in [0.3, 0.4) is 0 Å². The molecule has 0 aliphatic heterocycles. The van der Waals surface area contributed by atoms with E-state index >= 15 is 0 Å². The largest absolute Gasteiger partial charge is 0.325 e. The van der Waals surface area contributed by atoms with Crippen molar-refractivity contribution in [2.45, 2.75) is 12.1 Å². The lowest BCUT2D eigenvalue weighted by molar-refractivity contribution is -0.113. The zero-order chi connectivity index (χ0) is 20.7. The molecule has 0 bridgehead atoms. The quantitative estimate of drug-likeness (QED) is 0.335. The molecule has 1 N–H and O–H groups in total. The molecule has 146 valence electrons. The normalized spacial score (nSPS) is 11.4. The van der Waals surface area contributed by atoms with Crippen molar-refractivity contribution in [3.63, 3.8) is 0 Å². The van der Waals surface area contributed by atoms with E-state index in [-0.39, 0.29) is 17.4 Å². The van der Waals surface area contributed by atoms with E-state index in [2.05, 4.69) is 32.6 Å². The number of anilines is 1. The Hall–Kier alpha value is -3.58. The van der Waals surface area contributed by atoms with Crippen LogP contribution in [0, 0.1) is 0 Å². The number of carbonyl (C=O) groups is 2. The first-order valence-corrected chi connectivity index (χ1v) is 10.4. The molecule has 1 aliphatic carbocycles. The number of carbonyl (C=O) groups excluding carboxylic acids is 2. The Labute approximate surface area is 176 Å². The first-order chi connectivity index (χ1) is 14.6. The van der Waals surface area contributed by atoms with Gasteiger partial charge in [-0.15, -0.1) is 10.2 Å². The zero-order valence-corrected chi connectivity index (χ0v) is 16.9. The third-order valence-electron chi connectivity index (χ3n) is 4.97. The Morgan fingerprint density at radius 3 is 2.43 bits per heavy atom. The number of hydrogen-bond acceptors (Lipinski definition) is 6. The first-order valence-electron chi connectivity index (χ1n) is 9.41. The molecule has 1 amide bonds. The van der Waals surface area contributed by atoms with E-state index in [0.29, 0.717) is 16.4 Å². The van der Waals surface area contributed by atoms with E-state index in [0.717, 1.165) is 33.3 Å². The lowest BCUT2D eigenvalue weighted by Crippen LogP contribution is -2.14. The highest BCUT2D eigenvalue weighted by Gasteiger charge is 2.25. The highest BCUT2D eigenvalue weighted by Crippen LogP contribution is 2.44. The summed E-state index contributed by atoms with van der Waals surface area (Å²) >= 11 is 1.23. The van der Waals surface area contributed by atoms with Crippen molar-refractivity contribution in [2.75, 3.05) is 11.1 Å². The number of nitrogens with one attached hydrogen (secondary N) is 1. The molecule has 6 nitrogen and oxygen atoms in total. The molecule has 1 aromatic heterocycles. The Morgan fingerprint density at radius 2 is 1.67 bits per heavy atom. The van der Waals surface area contributed by atoms with E-state index in [9.17, 15) is 9.59 Å². The second-order valence-electron chi connectivity index (χ2n) is 6.97. The number of rotatable bonds is 5. The second-order valence-corrected chi connectivity index (χ2v) is 7.92. The minimum absolute atomic E-state index is 0.0471. The molecular weight excluding hydrogens is 396 g/mol. The summed E-state index contributed by atoms with van der Waals surface area (Å²) in [4.78, 5) is 28.5. The minimum atomic E-state index is -0.199. The molecule has 3 aromatic carbocycles. The number of ketones is 1. The summed E-state index contributed by atoms with van der Waals surface area (Å²) in [6.45, 7) is 1.49. The molecular formula is C23H16N4O2S. The van der Waals surface area contributed by atoms with Gasteiger partial charge in [0.2, 0.25) is 11.1 Å². The van der Waals surface area contributed by atoms with Gasteiger partial charge in [0.15, 0.2) is 5.78 Å². The van der Waals surface area contributed by atoms with Crippen LogP contribution in [0.1, 0.15) is 17.3 Å². The van der Waals surface area contributed by atoms with Gasteiger partial charge in [0.1, 0.15) is 11.4 Å². The Kier molecular flexibility index (Phi) is 4.52. The van der Waals surface area contributed by atoms with E-state index in [4.69, 9.17) is 0 Å². The number of amides is 1. The maximum Gasteiger partial charge on any atom is 0.234 e.